The zero-order valence-corrected chi connectivity index (χ0v) is 13.5. The van der Waals surface area contributed by atoms with E-state index in [0.29, 0.717) is 34.2 Å². The fraction of sp³-hybridized carbons (Fsp3) is 0.235. The van der Waals surface area contributed by atoms with Crippen LogP contribution in [0.25, 0.3) is 0 Å². The number of rotatable bonds is 6. The largest absolute Gasteiger partial charge is 0.497 e. The van der Waals surface area contributed by atoms with Crippen LogP contribution >= 0.6 is 0 Å². The molecule has 0 heterocycles. The topological polar surface area (TPSA) is 66.0 Å². The van der Waals surface area contributed by atoms with E-state index in [0.717, 1.165) is 0 Å². The van der Waals surface area contributed by atoms with Crippen molar-refractivity contribution in [1.82, 2.24) is 0 Å². The van der Waals surface area contributed by atoms with Gasteiger partial charge in [-0.1, -0.05) is 6.07 Å². The van der Waals surface area contributed by atoms with Gasteiger partial charge in [-0.25, -0.2) is 0 Å². The molecular weight excluding hydrogens is 298 g/mol. The summed E-state index contributed by atoms with van der Waals surface area (Å²) >= 11 is 0. The van der Waals surface area contributed by atoms with Crippen LogP contribution in [0.5, 0.6) is 23.0 Å². The zero-order valence-electron chi connectivity index (χ0n) is 13.5. The maximum absolute atomic E-state index is 12.5. The summed E-state index contributed by atoms with van der Waals surface area (Å²) in [7, 11) is 6.10. The number of carbonyl (C=O) groups excluding carboxylic acids is 1. The molecule has 0 spiro atoms. The van der Waals surface area contributed by atoms with Crippen molar-refractivity contribution < 1.29 is 23.7 Å². The Kier molecular flexibility index (Phi) is 5.30. The van der Waals surface area contributed by atoms with Gasteiger partial charge in [0.2, 0.25) is 0 Å². The first kappa shape index (κ1) is 16.5. The number of nitrogens with one attached hydrogen (secondary N) is 1. The van der Waals surface area contributed by atoms with Crippen LogP contribution in [0.4, 0.5) is 5.69 Å². The van der Waals surface area contributed by atoms with Crippen molar-refractivity contribution >= 4 is 11.6 Å². The lowest BCUT2D eigenvalue weighted by Crippen LogP contribution is -2.13. The molecule has 0 fully saturated rings. The maximum Gasteiger partial charge on any atom is 0.259 e. The molecule has 2 aromatic rings. The molecule has 2 aromatic carbocycles. The second-order valence-electron chi connectivity index (χ2n) is 4.60. The summed E-state index contributed by atoms with van der Waals surface area (Å²) in [5.74, 6) is 1.70. The molecule has 0 aromatic heterocycles. The van der Waals surface area contributed by atoms with Crippen molar-refractivity contribution in [3.8, 4) is 23.0 Å². The number of hydrogen-bond donors (Lipinski definition) is 1. The molecule has 23 heavy (non-hydrogen) atoms. The van der Waals surface area contributed by atoms with Gasteiger partial charge in [0.1, 0.15) is 11.5 Å². The minimum absolute atomic E-state index is 0.323. The molecule has 6 nitrogen and oxygen atoms in total. The predicted molar refractivity (Wildman–Crippen MR) is 87.0 cm³/mol. The van der Waals surface area contributed by atoms with Gasteiger partial charge < -0.3 is 24.3 Å². The molecule has 0 saturated carbocycles. The predicted octanol–water partition coefficient (Wildman–Crippen LogP) is 2.97. The Bertz CT molecular complexity index is 677. The van der Waals surface area contributed by atoms with E-state index < -0.39 is 0 Å². The van der Waals surface area contributed by atoms with E-state index in [-0.39, 0.29) is 5.91 Å². The molecule has 0 atom stereocenters. The first-order chi connectivity index (χ1) is 11.1. The fourth-order valence-electron chi connectivity index (χ4n) is 2.14. The van der Waals surface area contributed by atoms with Gasteiger partial charge in [-0.3, -0.25) is 4.79 Å². The Hall–Kier alpha value is -2.89. The standard InChI is InChI=1S/C17H19NO5/c1-20-12-8-11(9-13(10-12)21-2)18-17(19)14-6-5-7-15(22-3)16(14)23-4/h5-10H,1-4H3,(H,18,19). The Labute approximate surface area is 134 Å². The summed E-state index contributed by atoms with van der Waals surface area (Å²) in [6.07, 6.45) is 0. The maximum atomic E-state index is 12.5. The molecule has 2 rings (SSSR count). The monoisotopic (exact) mass is 317 g/mol. The Morgan fingerprint density at radius 2 is 1.52 bits per heavy atom. The number of methoxy groups -OCH3 is 4. The van der Waals surface area contributed by atoms with Crippen LogP contribution in [-0.4, -0.2) is 34.3 Å². The van der Waals surface area contributed by atoms with Crippen molar-refractivity contribution in [2.75, 3.05) is 33.8 Å². The molecule has 6 heteroatoms. The highest BCUT2D eigenvalue weighted by Gasteiger charge is 2.17. The Morgan fingerprint density at radius 3 is 2.04 bits per heavy atom. The Morgan fingerprint density at radius 1 is 0.870 bits per heavy atom. The molecular formula is C17H19NO5. The first-order valence-electron chi connectivity index (χ1n) is 6.88. The van der Waals surface area contributed by atoms with E-state index in [9.17, 15) is 4.79 Å². The number of amides is 1. The fourth-order valence-corrected chi connectivity index (χ4v) is 2.14. The Balaban J connectivity index is 2.33. The van der Waals surface area contributed by atoms with E-state index in [1.165, 1.54) is 14.2 Å². The number of benzene rings is 2. The van der Waals surface area contributed by atoms with Gasteiger partial charge in [-0.15, -0.1) is 0 Å². The third kappa shape index (κ3) is 3.66. The number of carbonyl (C=O) groups is 1. The van der Waals surface area contributed by atoms with Gasteiger partial charge in [0.15, 0.2) is 11.5 Å². The van der Waals surface area contributed by atoms with Crippen molar-refractivity contribution in [2.24, 2.45) is 0 Å². The van der Waals surface area contributed by atoms with Crippen molar-refractivity contribution in [2.45, 2.75) is 0 Å². The van der Waals surface area contributed by atoms with Gasteiger partial charge in [0.05, 0.1) is 34.0 Å². The van der Waals surface area contributed by atoms with Gasteiger partial charge in [-0.05, 0) is 12.1 Å². The molecule has 0 aliphatic carbocycles. The normalized spacial score (nSPS) is 9.91. The van der Waals surface area contributed by atoms with Gasteiger partial charge in [0.25, 0.3) is 5.91 Å². The minimum atomic E-state index is -0.323. The van der Waals surface area contributed by atoms with Crippen LogP contribution in [0, 0.1) is 0 Å². The van der Waals surface area contributed by atoms with Gasteiger partial charge in [-0.2, -0.15) is 0 Å². The summed E-state index contributed by atoms with van der Waals surface area (Å²) in [6.45, 7) is 0. The van der Waals surface area contributed by atoms with Crippen LogP contribution < -0.4 is 24.3 Å². The van der Waals surface area contributed by atoms with Crippen molar-refractivity contribution in [3.05, 3.63) is 42.0 Å². The lowest BCUT2D eigenvalue weighted by atomic mass is 10.1. The van der Waals surface area contributed by atoms with E-state index >= 15 is 0 Å². The molecule has 122 valence electrons. The summed E-state index contributed by atoms with van der Waals surface area (Å²) in [5, 5.41) is 2.80. The summed E-state index contributed by atoms with van der Waals surface area (Å²) in [5.41, 5.74) is 0.921. The van der Waals surface area contributed by atoms with Crippen molar-refractivity contribution in [1.29, 1.82) is 0 Å². The van der Waals surface area contributed by atoms with Crippen LogP contribution in [0.15, 0.2) is 36.4 Å². The van der Waals surface area contributed by atoms with Gasteiger partial charge in [0, 0.05) is 23.9 Å². The van der Waals surface area contributed by atoms with Crippen LogP contribution in [-0.2, 0) is 0 Å². The molecule has 1 amide bonds. The first-order valence-corrected chi connectivity index (χ1v) is 6.88. The molecule has 0 aliphatic rings. The van der Waals surface area contributed by atoms with Crippen LogP contribution in [0.1, 0.15) is 10.4 Å². The average Bonchev–Trinajstić information content (AvgIpc) is 2.60. The third-order valence-electron chi connectivity index (χ3n) is 3.26. The van der Waals surface area contributed by atoms with E-state index in [1.807, 2.05) is 0 Å². The average molecular weight is 317 g/mol. The van der Waals surface area contributed by atoms with Crippen molar-refractivity contribution in [3.63, 3.8) is 0 Å². The second-order valence-corrected chi connectivity index (χ2v) is 4.60. The smallest absolute Gasteiger partial charge is 0.259 e. The summed E-state index contributed by atoms with van der Waals surface area (Å²) in [4.78, 5) is 12.5. The lowest BCUT2D eigenvalue weighted by molar-refractivity contribution is 0.102. The quantitative estimate of drug-likeness (QED) is 0.887. The van der Waals surface area contributed by atoms with Crippen LogP contribution in [0.3, 0.4) is 0 Å². The lowest BCUT2D eigenvalue weighted by Gasteiger charge is -2.13. The summed E-state index contributed by atoms with van der Waals surface area (Å²) in [6, 6.07) is 10.2. The molecule has 1 N–H and O–H groups in total. The highest BCUT2D eigenvalue weighted by molar-refractivity contribution is 6.06. The number of para-hydroxylation sites is 1. The third-order valence-corrected chi connectivity index (χ3v) is 3.26. The summed E-state index contributed by atoms with van der Waals surface area (Å²) < 4.78 is 20.9. The molecule has 0 radical (unpaired) electrons. The zero-order chi connectivity index (χ0) is 16.8. The highest BCUT2D eigenvalue weighted by Crippen LogP contribution is 2.32. The van der Waals surface area contributed by atoms with Gasteiger partial charge >= 0.3 is 0 Å². The molecule has 0 unspecified atom stereocenters. The second kappa shape index (κ2) is 7.40. The number of hydrogen-bond acceptors (Lipinski definition) is 5. The molecule has 0 aliphatic heterocycles. The SMILES string of the molecule is COc1cc(NC(=O)c2cccc(OC)c2OC)cc(OC)c1. The highest BCUT2D eigenvalue weighted by atomic mass is 16.5. The molecule has 0 bridgehead atoms. The minimum Gasteiger partial charge on any atom is -0.497 e. The van der Waals surface area contributed by atoms with E-state index in [1.54, 1.807) is 50.6 Å². The number of anilines is 1. The molecule has 0 saturated heterocycles. The van der Waals surface area contributed by atoms with E-state index in [2.05, 4.69) is 5.32 Å². The number of ether oxygens (including phenoxy) is 4. The van der Waals surface area contributed by atoms with E-state index in [4.69, 9.17) is 18.9 Å². The van der Waals surface area contributed by atoms with Crippen LogP contribution in [0.2, 0.25) is 0 Å².